The van der Waals surface area contributed by atoms with Crippen LogP contribution in [0.5, 0.6) is 11.5 Å². The van der Waals surface area contributed by atoms with Crippen LogP contribution in [0.2, 0.25) is 0 Å². The van der Waals surface area contributed by atoms with Crippen LogP contribution in [0.15, 0.2) is 48.5 Å². The average Bonchev–Trinajstić information content (AvgIpc) is 2.37. The van der Waals surface area contributed by atoms with Crippen molar-refractivity contribution >= 4 is 12.2 Å². The summed E-state index contributed by atoms with van der Waals surface area (Å²) in [6, 6.07) is 13.1. The molecule has 0 radical (unpaired) electrons. The Hall–Kier alpha value is -2.36. The van der Waals surface area contributed by atoms with Gasteiger partial charge in [-0.25, -0.2) is 0 Å². The molecule has 2 nitrogen and oxygen atoms in total. The number of benzene rings is 2. The van der Waals surface area contributed by atoms with Gasteiger partial charge >= 0.3 is 6.61 Å². The molecule has 0 fully saturated rings. The molecule has 2 rings (SSSR count). The lowest BCUT2D eigenvalue weighted by molar-refractivity contribution is -0.0498. The predicted molar refractivity (Wildman–Crippen MR) is 70.1 cm³/mol. The monoisotopic (exact) mass is 262 g/mol. The zero-order chi connectivity index (χ0) is 13.7. The second kappa shape index (κ2) is 6.00. The first-order chi connectivity index (χ1) is 9.13. The molecule has 19 heavy (non-hydrogen) atoms. The largest absolute Gasteiger partial charge is 0.508 e. The van der Waals surface area contributed by atoms with Crippen LogP contribution in [-0.2, 0) is 0 Å². The van der Waals surface area contributed by atoms with E-state index >= 15 is 0 Å². The van der Waals surface area contributed by atoms with Gasteiger partial charge in [-0.1, -0.05) is 36.4 Å². The number of aromatic hydroxyl groups is 1. The summed E-state index contributed by atoms with van der Waals surface area (Å²) in [5, 5.41) is 9.31. The van der Waals surface area contributed by atoms with Crippen molar-refractivity contribution in [3.05, 3.63) is 59.7 Å². The number of ether oxygens (including phenoxy) is 1. The van der Waals surface area contributed by atoms with Gasteiger partial charge in [0.25, 0.3) is 0 Å². The van der Waals surface area contributed by atoms with Gasteiger partial charge < -0.3 is 9.84 Å². The van der Waals surface area contributed by atoms with Gasteiger partial charge in [-0.15, -0.1) is 0 Å². The molecule has 2 aromatic carbocycles. The number of alkyl halides is 2. The molecule has 0 saturated carbocycles. The summed E-state index contributed by atoms with van der Waals surface area (Å²) in [6.07, 6.45) is 3.64. The molecule has 0 bridgehead atoms. The number of hydrogen-bond acceptors (Lipinski definition) is 2. The Morgan fingerprint density at radius 2 is 1.63 bits per heavy atom. The van der Waals surface area contributed by atoms with E-state index < -0.39 is 6.61 Å². The minimum absolute atomic E-state index is 0.129. The summed E-state index contributed by atoms with van der Waals surface area (Å²) in [5.41, 5.74) is 1.71. The second-order valence-electron chi connectivity index (χ2n) is 3.88. The number of rotatable bonds is 4. The molecular weight excluding hydrogens is 250 g/mol. The molecule has 0 aliphatic carbocycles. The van der Waals surface area contributed by atoms with E-state index in [0.717, 1.165) is 11.1 Å². The van der Waals surface area contributed by atoms with Crippen LogP contribution >= 0.6 is 0 Å². The van der Waals surface area contributed by atoms with Crippen LogP contribution in [0.4, 0.5) is 8.78 Å². The van der Waals surface area contributed by atoms with E-state index in [1.54, 1.807) is 30.3 Å². The van der Waals surface area contributed by atoms with Gasteiger partial charge in [-0.2, -0.15) is 8.78 Å². The molecular formula is C15H12F2O2. The van der Waals surface area contributed by atoms with E-state index in [2.05, 4.69) is 4.74 Å². The lowest BCUT2D eigenvalue weighted by atomic mass is 10.1. The molecule has 2 aromatic rings. The van der Waals surface area contributed by atoms with Crippen molar-refractivity contribution in [3.63, 3.8) is 0 Å². The lowest BCUT2D eigenvalue weighted by Crippen LogP contribution is -2.01. The third-order valence-electron chi connectivity index (χ3n) is 2.44. The maximum absolute atomic E-state index is 12.0. The zero-order valence-corrected chi connectivity index (χ0v) is 9.96. The highest BCUT2D eigenvalue weighted by molar-refractivity contribution is 5.70. The molecule has 1 N–H and O–H groups in total. The number of hydrogen-bond donors (Lipinski definition) is 1. The normalized spacial score (nSPS) is 11.1. The van der Waals surface area contributed by atoms with Crippen LogP contribution < -0.4 is 4.74 Å². The standard InChI is InChI=1S/C15H12F2O2/c16-15(17)19-14-8-6-11(7-9-14)4-5-12-2-1-3-13(18)10-12/h1-10,15,18H. The summed E-state index contributed by atoms with van der Waals surface area (Å²) in [6.45, 7) is -2.81. The second-order valence-corrected chi connectivity index (χ2v) is 3.88. The molecule has 0 aliphatic rings. The molecule has 0 atom stereocenters. The third kappa shape index (κ3) is 4.10. The molecule has 0 aromatic heterocycles. The van der Waals surface area contributed by atoms with Gasteiger partial charge in [0.2, 0.25) is 0 Å². The van der Waals surface area contributed by atoms with E-state index in [-0.39, 0.29) is 11.5 Å². The molecule has 0 saturated heterocycles. The number of halogens is 2. The van der Waals surface area contributed by atoms with Crippen molar-refractivity contribution in [1.29, 1.82) is 0 Å². The first kappa shape index (κ1) is 13.1. The van der Waals surface area contributed by atoms with Gasteiger partial charge in [0.1, 0.15) is 11.5 Å². The van der Waals surface area contributed by atoms with Crippen LogP contribution in [0.1, 0.15) is 11.1 Å². The van der Waals surface area contributed by atoms with Crippen LogP contribution in [0.25, 0.3) is 12.2 Å². The summed E-state index contributed by atoms with van der Waals surface area (Å²) in [4.78, 5) is 0. The number of phenolic OH excluding ortho intramolecular Hbond substituents is 1. The minimum atomic E-state index is -2.81. The highest BCUT2D eigenvalue weighted by atomic mass is 19.3. The molecule has 0 unspecified atom stereocenters. The first-order valence-electron chi connectivity index (χ1n) is 5.65. The van der Waals surface area contributed by atoms with Crippen LogP contribution in [0.3, 0.4) is 0 Å². The fourth-order valence-corrected chi connectivity index (χ4v) is 1.58. The summed E-state index contributed by atoms with van der Waals surface area (Å²) in [5.74, 6) is 0.326. The molecule has 4 heteroatoms. The van der Waals surface area contributed by atoms with Crippen molar-refractivity contribution in [2.24, 2.45) is 0 Å². The van der Waals surface area contributed by atoms with Crippen molar-refractivity contribution in [2.75, 3.05) is 0 Å². The Labute approximate surface area is 109 Å². The molecule has 0 heterocycles. The van der Waals surface area contributed by atoms with E-state index in [1.165, 1.54) is 12.1 Å². The lowest BCUT2D eigenvalue weighted by Gasteiger charge is -2.03. The fraction of sp³-hybridized carbons (Fsp3) is 0.0667. The van der Waals surface area contributed by atoms with Crippen LogP contribution in [-0.4, -0.2) is 11.7 Å². The summed E-state index contributed by atoms with van der Waals surface area (Å²) >= 11 is 0. The SMILES string of the molecule is Oc1cccc(C=Cc2ccc(OC(F)F)cc2)c1. The van der Waals surface area contributed by atoms with Crippen molar-refractivity contribution in [2.45, 2.75) is 6.61 Å². The van der Waals surface area contributed by atoms with Gasteiger partial charge in [0.15, 0.2) is 0 Å². The third-order valence-corrected chi connectivity index (χ3v) is 2.44. The highest BCUT2D eigenvalue weighted by Gasteiger charge is 2.02. The van der Waals surface area contributed by atoms with Gasteiger partial charge in [0.05, 0.1) is 0 Å². The van der Waals surface area contributed by atoms with Gasteiger partial charge in [-0.3, -0.25) is 0 Å². The van der Waals surface area contributed by atoms with Crippen molar-refractivity contribution < 1.29 is 18.6 Å². The highest BCUT2D eigenvalue weighted by Crippen LogP contribution is 2.17. The van der Waals surface area contributed by atoms with E-state index in [1.807, 2.05) is 18.2 Å². The Morgan fingerprint density at radius 1 is 0.947 bits per heavy atom. The molecule has 0 spiro atoms. The summed E-state index contributed by atoms with van der Waals surface area (Å²) in [7, 11) is 0. The molecule has 0 aliphatic heterocycles. The Morgan fingerprint density at radius 3 is 2.26 bits per heavy atom. The van der Waals surface area contributed by atoms with Gasteiger partial charge in [-0.05, 0) is 35.4 Å². The fourth-order valence-electron chi connectivity index (χ4n) is 1.58. The Bertz CT molecular complexity index is 563. The van der Waals surface area contributed by atoms with Gasteiger partial charge in [0, 0.05) is 0 Å². The predicted octanol–water partition coefficient (Wildman–Crippen LogP) is 4.16. The quantitative estimate of drug-likeness (QED) is 0.838. The first-order valence-corrected chi connectivity index (χ1v) is 5.65. The molecule has 98 valence electrons. The Balaban J connectivity index is 2.07. The maximum Gasteiger partial charge on any atom is 0.387 e. The summed E-state index contributed by atoms with van der Waals surface area (Å²) < 4.78 is 28.2. The maximum atomic E-state index is 12.0. The Kier molecular flexibility index (Phi) is 4.13. The van der Waals surface area contributed by atoms with Crippen molar-refractivity contribution in [1.82, 2.24) is 0 Å². The molecule has 0 amide bonds. The number of phenols is 1. The van der Waals surface area contributed by atoms with Crippen molar-refractivity contribution in [3.8, 4) is 11.5 Å². The topological polar surface area (TPSA) is 29.5 Å². The zero-order valence-electron chi connectivity index (χ0n) is 9.96. The van der Waals surface area contributed by atoms with E-state index in [9.17, 15) is 13.9 Å². The van der Waals surface area contributed by atoms with E-state index in [4.69, 9.17) is 0 Å². The van der Waals surface area contributed by atoms with E-state index in [0.29, 0.717) is 0 Å². The van der Waals surface area contributed by atoms with Crippen LogP contribution in [0, 0.1) is 0 Å². The smallest absolute Gasteiger partial charge is 0.387 e. The minimum Gasteiger partial charge on any atom is -0.508 e. The average molecular weight is 262 g/mol.